The van der Waals surface area contributed by atoms with Crippen molar-refractivity contribution in [1.29, 1.82) is 0 Å². The maximum Gasteiger partial charge on any atom is 0.225 e. The summed E-state index contributed by atoms with van der Waals surface area (Å²) in [7, 11) is -3.44. The van der Waals surface area contributed by atoms with E-state index in [-0.39, 0.29) is 6.54 Å². The predicted octanol–water partition coefficient (Wildman–Crippen LogP) is 1.44. The number of hydrogen-bond donors (Lipinski definition) is 1. The highest BCUT2D eigenvalue weighted by molar-refractivity contribution is 7.90. The standard InChI is InChI=1S/C8H9ClFNO2S/c9-6-14(12,13)11-5-7-2-1-3-8(10)4-7/h1-4,11H,5-6H2. The molecule has 1 aromatic rings. The van der Waals surface area contributed by atoms with Crippen molar-refractivity contribution in [2.45, 2.75) is 6.54 Å². The molecule has 1 rings (SSSR count). The van der Waals surface area contributed by atoms with Crippen LogP contribution in [0.2, 0.25) is 0 Å². The first-order chi connectivity index (χ1) is 6.53. The first kappa shape index (κ1) is 11.4. The SMILES string of the molecule is O=S(=O)(CCl)NCc1cccc(F)c1. The van der Waals surface area contributed by atoms with Gasteiger partial charge in [-0.05, 0) is 17.7 Å². The van der Waals surface area contributed by atoms with Crippen LogP contribution in [0.25, 0.3) is 0 Å². The summed E-state index contributed by atoms with van der Waals surface area (Å²) in [6, 6.07) is 5.69. The van der Waals surface area contributed by atoms with Gasteiger partial charge in [0.25, 0.3) is 0 Å². The lowest BCUT2D eigenvalue weighted by Gasteiger charge is -2.03. The molecule has 0 aliphatic carbocycles. The molecular weight excluding hydrogens is 229 g/mol. The lowest BCUT2D eigenvalue weighted by Crippen LogP contribution is -2.23. The monoisotopic (exact) mass is 237 g/mol. The van der Waals surface area contributed by atoms with E-state index in [1.165, 1.54) is 18.2 Å². The van der Waals surface area contributed by atoms with Gasteiger partial charge < -0.3 is 0 Å². The first-order valence-electron chi connectivity index (χ1n) is 3.81. The minimum Gasteiger partial charge on any atom is -0.211 e. The van der Waals surface area contributed by atoms with Crippen molar-refractivity contribution in [1.82, 2.24) is 4.72 Å². The van der Waals surface area contributed by atoms with Gasteiger partial charge in [0.1, 0.15) is 11.0 Å². The van der Waals surface area contributed by atoms with Crippen molar-refractivity contribution in [2.75, 3.05) is 5.21 Å². The van der Waals surface area contributed by atoms with E-state index in [2.05, 4.69) is 4.72 Å². The highest BCUT2D eigenvalue weighted by atomic mass is 35.5. The van der Waals surface area contributed by atoms with E-state index in [0.717, 1.165) is 0 Å². The van der Waals surface area contributed by atoms with Crippen LogP contribution in [0.4, 0.5) is 4.39 Å². The van der Waals surface area contributed by atoms with E-state index in [1.54, 1.807) is 6.07 Å². The van der Waals surface area contributed by atoms with Gasteiger partial charge in [-0.3, -0.25) is 0 Å². The Bertz CT molecular complexity index is 408. The van der Waals surface area contributed by atoms with Crippen LogP contribution in [0, 0.1) is 5.82 Å². The van der Waals surface area contributed by atoms with Crippen LogP contribution in [0.5, 0.6) is 0 Å². The fourth-order valence-corrected chi connectivity index (χ4v) is 1.57. The molecule has 1 N–H and O–H groups in total. The van der Waals surface area contributed by atoms with Crippen LogP contribution < -0.4 is 4.72 Å². The summed E-state index contributed by atoms with van der Waals surface area (Å²) < 4.78 is 36.7. The molecule has 0 heterocycles. The average molecular weight is 238 g/mol. The summed E-state index contributed by atoms with van der Waals surface area (Å²) in [5.41, 5.74) is 0.554. The molecular formula is C8H9ClFNO2S. The number of benzene rings is 1. The molecule has 0 unspecified atom stereocenters. The molecule has 0 atom stereocenters. The molecule has 0 spiro atoms. The molecule has 0 aromatic heterocycles. The number of hydrogen-bond acceptors (Lipinski definition) is 2. The summed E-state index contributed by atoms with van der Waals surface area (Å²) in [5.74, 6) is -0.396. The molecule has 0 saturated carbocycles. The van der Waals surface area contributed by atoms with Gasteiger partial charge in [-0.1, -0.05) is 12.1 Å². The minimum atomic E-state index is -3.44. The maximum absolute atomic E-state index is 12.7. The number of rotatable bonds is 4. The second kappa shape index (κ2) is 4.72. The van der Waals surface area contributed by atoms with E-state index < -0.39 is 21.1 Å². The van der Waals surface area contributed by atoms with E-state index >= 15 is 0 Å². The normalized spacial score (nSPS) is 11.6. The van der Waals surface area contributed by atoms with Crippen molar-refractivity contribution in [3.8, 4) is 0 Å². The van der Waals surface area contributed by atoms with Crippen molar-refractivity contribution in [2.24, 2.45) is 0 Å². The van der Waals surface area contributed by atoms with Gasteiger partial charge in [-0.15, -0.1) is 11.6 Å². The molecule has 0 aliphatic rings. The van der Waals surface area contributed by atoms with Crippen LogP contribution in [-0.4, -0.2) is 13.6 Å². The van der Waals surface area contributed by atoms with Gasteiger partial charge >= 0.3 is 0 Å². The van der Waals surface area contributed by atoms with Crippen molar-refractivity contribution >= 4 is 21.6 Å². The summed E-state index contributed by atoms with van der Waals surface area (Å²) in [6.07, 6.45) is 0. The van der Waals surface area contributed by atoms with E-state index in [1.807, 2.05) is 0 Å². The van der Waals surface area contributed by atoms with Crippen molar-refractivity contribution < 1.29 is 12.8 Å². The molecule has 78 valence electrons. The summed E-state index contributed by atoms with van der Waals surface area (Å²) in [5, 5.41) is -0.498. The number of sulfonamides is 1. The molecule has 1 aromatic carbocycles. The maximum atomic E-state index is 12.7. The summed E-state index contributed by atoms with van der Waals surface area (Å²) in [6.45, 7) is 0.0484. The fraction of sp³-hybridized carbons (Fsp3) is 0.250. The Labute approximate surface area is 86.9 Å². The van der Waals surface area contributed by atoms with Crippen LogP contribution in [0.3, 0.4) is 0 Å². The van der Waals surface area contributed by atoms with Gasteiger partial charge in [0.05, 0.1) is 0 Å². The Morgan fingerprint density at radius 2 is 2.14 bits per heavy atom. The second-order valence-electron chi connectivity index (χ2n) is 2.67. The number of nitrogens with one attached hydrogen (secondary N) is 1. The third kappa shape index (κ3) is 3.61. The smallest absolute Gasteiger partial charge is 0.211 e. The van der Waals surface area contributed by atoms with Gasteiger partial charge in [-0.2, -0.15) is 0 Å². The van der Waals surface area contributed by atoms with E-state index in [0.29, 0.717) is 5.56 Å². The van der Waals surface area contributed by atoms with Gasteiger partial charge in [-0.25, -0.2) is 17.5 Å². The van der Waals surface area contributed by atoms with Crippen LogP contribution in [0.15, 0.2) is 24.3 Å². The number of halogens is 2. The zero-order chi connectivity index (χ0) is 10.6. The minimum absolute atomic E-state index is 0.0484. The predicted molar refractivity (Wildman–Crippen MR) is 52.9 cm³/mol. The molecule has 0 amide bonds. The highest BCUT2D eigenvalue weighted by Gasteiger charge is 2.06. The molecule has 0 radical (unpaired) electrons. The van der Waals surface area contributed by atoms with Crippen LogP contribution in [-0.2, 0) is 16.6 Å². The molecule has 0 bridgehead atoms. The van der Waals surface area contributed by atoms with Gasteiger partial charge in [0, 0.05) is 6.54 Å². The molecule has 6 heteroatoms. The Hall–Kier alpha value is -0.650. The van der Waals surface area contributed by atoms with Gasteiger partial charge in [0.15, 0.2) is 0 Å². The quantitative estimate of drug-likeness (QED) is 0.806. The highest BCUT2D eigenvalue weighted by Crippen LogP contribution is 2.03. The van der Waals surface area contributed by atoms with Crippen LogP contribution in [0.1, 0.15) is 5.56 Å². The Morgan fingerprint density at radius 1 is 1.43 bits per heavy atom. The molecule has 3 nitrogen and oxygen atoms in total. The molecule has 0 fully saturated rings. The molecule has 14 heavy (non-hydrogen) atoms. The van der Waals surface area contributed by atoms with E-state index in [4.69, 9.17) is 11.6 Å². The third-order valence-electron chi connectivity index (χ3n) is 1.53. The third-order valence-corrected chi connectivity index (χ3v) is 3.26. The Balaban J connectivity index is 2.63. The fourth-order valence-electron chi connectivity index (χ4n) is 0.879. The molecule has 0 aliphatic heterocycles. The van der Waals surface area contributed by atoms with Crippen molar-refractivity contribution in [3.63, 3.8) is 0 Å². The Kier molecular flexibility index (Phi) is 3.86. The summed E-state index contributed by atoms with van der Waals surface area (Å²) in [4.78, 5) is 0. The topological polar surface area (TPSA) is 46.2 Å². The largest absolute Gasteiger partial charge is 0.225 e. The lowest BCUT2D eigenvalue weighted by molar-refractivity contribution is 0.585. The zero-order valence-corrected chi connectivity index (χ0v) is 8.78. The van der Waals surface area contributed by atoms with E-state index in [9.17, 15) is 12.8 Å². The second-order valence-corrected chi connectivity index (χ2v) is 5.07. The average Bonchev–Trinajstić information content (AvgIpc) is 2.15. The zero-order valence-electron chi connectivity index (χ0n) is 7.20. The summed E-state index contributed by atoms with van der Waals surface area (Å²) >= 11 is 5.17. The Morgan fingerprint density at radius 3 is 2.71 bits per heavy atom. The molecule has 0 saturated heterocycles. The number of alkyl halides is 1. The lowest BCUT2D eigenvalue weighted by atomic mass is 10.2. The van der Waals surface area contributed by atoms with Crippen molar-refractivity contribution in [3.05, 3.63) is 35.6 Å². The van der Waals surface area contributed by atoms with Crippen LogP contribution >= 0.6 is 11.6 Å². The van der Waals surface area contributed by atoms with Gasteiger partial charge in [0.2, 0.25) is 10.0 Å². The first-order valence-corrected chi connectivity index (χ1v) is 6.00.